The molecule has 0 unspecified atom stereocenters. The third-order valence-electron chi connectivity index (χ3n) is 4.71. The summed E-state index contributed by atoms with van der Waals surface area (Å²) in [5.74, 6) is -0.325. The highest BCUT2D eigenvalue weighted by Crippen LogP contribution is 2.20. The van der Waals surface area contributed by atoms with Crippen LogP contribution >= 0.6 is 0 Å². The van der Waals surface area contributed by atoms with Crippen LogP contribution in [-0.2, 0) is 11.3 Å². The van der Waals surface area contributed by atoms with E-state index in [2.05, 4.69) is 5.10 Å². The van der Waals surface area contributed by atoms with Crippen molar-refractivity contribution in [3.63, 3.8) is 0 Å². The van der Waals surface area contributed by atoms with E-state index >= 15 is 0 Å². The van der Waals surface area contributed by atoms with Gasteiger partial charge in [-0.05, 0) is 50.6 Å². The second-order valence-electron chi connectivity index (χ2n) is 6.86. The zero-order valence-electron chi connectivity index (χ0n) is 17.2. The molecule has 0 fully saturated rings. The molecule has 2 aromatic carbocycles. The molecule has 150 valence electrons. The monoisotopic (exact) mass is 391 g/mol. The second-order valence-corrected chi connectivity index (χ2v) is 6.86. The van der Waals surface area contributed by atoms with Crippen molar-refractivity contribution in [3.8, 4) is 11.4 Å². The van der Waals surface area contributed by atoms with Crippen LogP contribution in [0, 0.1) is 13.8 Å². The maximum Gasteiger partial charge on any atom is 0.295 e. The Morgan fingerprint density at radius 3 is 2.31 bits per heavy atom. The molecule has 3 aromatic rings. The van der Waals surface area contributed by atoms with Crippen molar-refractivity contribution >= 4 is 11.7 Å². The van der Waals surface area contributed by atoms with E-state index in [1.165, 1.54) is 4.90 Å². The number of carbonyl (C=O) groups is 2. The third kappa shape index (κ3) is 4.37. The van der Waals surface area contributed by atoms with Gasteiger partial charge in [0.1, 0.15) is 5.75 Å². The maximum absolute atomic E-state index is 12.9. The van der Waals surface area contributed by atoms with Gasteiger partial charge in [0.05, 0.1) is 29.2 Å². The number of hydrogen-bond donors (Lipinski definition) is 0. The van der Waals surface area contributed by atoms with Crippen LogP contribution in [0.2, 0.25) is 0 Å². The molecule has 0 N–H and O–H groups in total. The van der Waals surface area contributed by atoms with Crippen LogP contribution < -0.4 is 4.74 Å². The van der Waals surface area contributed by atoms with Crippen LogP contribution in [-0.4, -0.2) is 40.0 Å². The first-order valence-electron chi connectivity index (χ1n) is 9.55. The van der Waals surface area contributed by atoms with Gasteiger partial charge in [0.25, 0.3) is 11.7 Å². The van der Waals surface area contributed by atoms with Gasteiger partial charge in [0.2, 0.25) is 0 Å². The molecule has 6 nitrogen and oxygen atoms in total. The van der Waals surface area contributed by atoms with Crippen molar-refractivity contribution in [3.05, 3.63) is 77.1 Å². The molecule has 0 atom stereocenters. The molecule has 1 heterocycles. The number of ketones is 1. The predicted molar refractivity (Wildman–Crippen MR) is 111 cm³/mol. The van der Waals surface area contributed by atoms with Gasteiger partial charge < -0.3 is 9.64 Å². The Balaban J connectivity index is 1.77. The SMILES string of the molecule is CCOc1ccc(CN(C)C(=O)C(=O)c2c(C)nn(-c3ccccc3)c2C)cc1. The molecule has 1 aromatic heterocycles. The molecule has 0 bridgehead atoms. The molecular formula is C23H25N3O3. The number of aryl methyl sites for hydroxylation is 1. The fourth-order valence-electron chi connectivity index (χ4n) is 3.28. The number of rotatable bonds is 7. The predicted octanol–water partition coefficient (Wildman–Crippen LogP) is 3.73. The molecule has 0 saturated heterocycles. The maximum atomic E-state index is 12.9. The summed E-state index contributed by atoms with van der Waals surface area (Å²) in [6.45, 7) is 6.42. The van der Waals surface area contributed by atoms with E-state index in [4.69, 9.17) is 4.74 Å². The Kier molecular flexibility index (Phi) is 6.12. The van der Waals surface area contributed by atoms with Gasteiger partial charge >= 0.3 is 0 Å². The summed E-state index contributed by atoms with van der Waals surface area (Å²) < 4.78 is 7.13. The molecule has 29 heavy (non-hydrogen) atoms. The van der Waals surface area contributed by atoms with Crippen LogP contribution in [0.15, 0.2) is 54.6 Å². The third-order valence-corrected chi connectivity index (χ3v) is 4.71. The lowest BCUT2D eigenvalue weighted by Gasteiger charge is -2.17. The van der Waals surface area contributed by atoms with Crippen molar-refractivity contribution in [2.75, 3.05) is 13.7 Å². The molecule has 0 aliphatic heterocycles. The quantitative estimate of drug-likeness (QED) is 0.455. The summed E-state index contributed by atoms with van der Waals surface area (Å²) in [7, 11) is 1.63. The molecular weight excluding hydrogens is 366 g/mol. The van der Waals surface area contributed by atoms with Crippen LogP contribution in [0.4, 0.5) is 0 Å². The van der Waals surface area contributed by atoms with Gasteiger partial charge in [-0.25, -0.2) is 4.68 Å². The van der Waals surface area contributed by atoms with Crippen molar-refractivity contribution < 1.29 is 14.3 Å². The number of Topliss-reactive ketones (excluding diaryl/α,β-unsaturated/α-hetero) is 1. The van der Waals surface area contributed by atoms with E-state index in [1.807, 2.05) is 61.5 Å². The smallest absolute Gasteiger partial charge is 0.295 e. The number of carbonyl (C=O) groups excluding carboxylic acids is 2. The fourth-order valence-corrected chi connectivity index (χ4v) is 3.28. The molecule has 0 spiro atoms. The minimum atomic E-state index is -0.558. The zero-order chi connectivity index (χ0) is 21.0. The highest BCUT2D eigenvalue weighted by molar-refractivity contribution is 6.43. The minimum absolute atomic E-state index is 0.335. The lowest BCUT2D eigenvalue weighted by molar-refractivity contribution is -0.125. The normalized spacial score (nSPS) is 10.6. The second kappa shape index (κ2) is 8.73. The topological polar surface area (TPSA) is 64.4 Å². The number of amides is 1. The fraction of sp³-hybridized carbons (Fsp3) is 0.261. The van der Waals surface area contributed by atoms with E-state index in [9.17, 15) is 9.59 Å². The number of hydrogen-bond acceptors (Lipinski definition) is 4. The van der Waals surface area contributed by atoms with Gasteiger partial charge in [-0.1, -0.05) is 30.3 Å². The summed E-state index contributed by atoms with van der Waals surface area (Å²) in [4.78, 5) is 27.1. The summed E-state index contributed by atoms with van der Waals surface area (Å²) in [6, 6.07) is 17.1. The Bertz CT molecular complexity index is 1010. The summed E-state index contributed by atoms with van der Waals surface area (Å²) in [5.41, 5.74) is 3.32. The number of para-hydroxylation sites is 1. The molecule has 0 aliphatic rings. The molecule has 1 amide bonds. The van der Waals surface area contributed by atoms with E-state index in [0.29, 0.717) is 30.1 Å². The van der Waals surface area contributed by atoms with Crippen molar-refractivity contribution in [1.29, 1.82) is 0 Å². The molecule has 0 saturated carbocycles. The molecule has 6 heteroatoms. The Morgan fingerprint density at radius 2 is 1.69 bits per heavy atom. The lowest BCUT2D eigenvalue weighted by atomic mass is 10.1. The van der Waals surface area contributed by atoms with E-state index in [0.717, 1.165) is 17.0 Å². The molecule has 0 radical (unpaired) electrons. The summed E-state index contributed by atoms with van der Waals surface area (Å²) in [6.07, 6.45) is 0. The first kappa shape index (κ1) is 20.3. The number of likely N-dealkylation sites (N-methyl/N-ethyl adjacent to an activating group) is 1. The van der Waals surface area contributed by atoms with Gasteiger partial charge in [-0.15, -0.1) is 0 Å². The van der Waals surface area contributed by atoms with Crippen molar-refractivity contribution in [1.82, 2.24) is 14.7 Å². The van der Waals surface area contributed by atoms with E-state index < -0.39 is 11.7 Å². The molecule has 3 rings (SSSR count). The largest absolute Gasteiger partial charge is 0.494 e. The first-order chi connectivity index (χ1) is 13.9. The first-order valence-corrected chi connectivity index (χ1v) is 9.55. The lowest BCUT2D eigenvalue weighted by Crippen LogP contribution is -2.33. The summed E-state index contributed by atoms with van der Waals surface area (Å²) >= 11 is 0. The number of ether oxygens (including phenoxy) is 1. The summed E-state index contributed by atoms with van der Waals surface area (Å²) in [5, 5.41) is 4.47. The van der Waals surface area contributed by atoms with Crippen LogP contribution in [0.5, 0.6) is 5.75 Å². The van der Waals surface area contributed by atoms with Gasteiger partial charge in [-0.2, -0.15) is 5.10 Å². The van der Waals surface area contributed by atoms with E-state index in [-0.39, 0.29) is 0 Å². The van der Waals surface area contributed by atoms with Gasteiger partial charge in [0.15, 0.2) is 0 Å². The average Bonchev–Trinajstić information content (AvgIpc) is 3.03. The number of aromatic nitrogens is 2. The number of nitrogens with zero attached hydrogens (tertiary/aromatic N) is 3. The van der Waals surface area contributed by atoms with Crippen LogP contribution in [0.25, 0.3) is 5.69 Å². The van der Waals surface area contributed by atoms with Crippen molar-refractivity contribution in [2.45, 2.75) is 27.3 Å². The standard InChI is InChI=1S/C23H25N3O3/c1-5-29-20-13-11-18(12-14-20)15-25(4)23(28)22(27)21-16(2)24-26(17(21)3)19-9-7-6-8-10-19/h6-14H,5,15H2,1-4H3. The van der Waals surface area contributed by atoms with Crippen molar-refractivity contribution in [2.24, 2.45) is 0 Å². The Hall–Kier alpha value is -3.41. The average molecular weight is 391 g/mol. The minimum Gasteiger partial charge on any atom is -0.494 e. The molecule has 0 aliphatic carbocycles. The van der Waals surface area contributed by atoms with Crippen LogP contribution in [0.3, 0.4) is 0 Å². The highest BCUT2D eigenvalue weighted by atomic mass is 16.5. The Labute approximate surface area is 170 Å². The van der Waals surface area contributed by atoms with E-state index in [1.54, 1.807) is 25.6 Å². The Morgan fingerprint density at radius 1 is 1.03 bits per heavy atom. The zero-order valence-corrected chi connectivity index (χ0v) is 17.2. The van der Waals surface area contributed by atoms with Gasteiger partial charge in [-0.3, -0.25) is 9.59 Å². The van der Waals surface area contributed by atoms with Gasteiger partial charge in [0, 0.05) is 13.6 Å². The van der Waals surface area contributed by atoms with Crippen LogP contribution in [0.1, 0.15) is 34.2 Å². The number of benzene rings is 2. The highest BCUT2D eigenvalue weighted by Gasteiger charge is 2.27.